The molecule has 1 aliphatic rings. The molecule has 3 atom stereocenters. The standard InChI is InChI=1S/C18H21F3N4O2.ClH/c1-10(23)18(27)24-12(5-11-6-15(20)16(21)8-14(11)19)7-17(26)25-4-2-3-13(25)9-22;/h6,8,10,12-13H,2-5,7,23H2,1H3,(H,24,27);1H. The summed E-state index contributed by atoms with van der Waals surface area (Å²) in [5.74, 6) is -4.46. The zero-order chi connectivity index (χ0) is 20.1. The van der Waals surface area contributed by atoms with Crippen molar-refractivity contribution in [2.24, 2.45) is 5.73 Å². The maximum Gasteiger partial charge on any atom is 0.236 e. The van der Waals surface area contributed by atoms with Crippen molar-refractivity contribution in [3.05, 3.63) is 35.1 Å². The maximum atomic E-state index is 14.0. The maximum absolute atomic E-state index is 14.0. The van der Waals surface area contributed by atoms with Crippen molar-refractivity contribution in [3.63, 3.8) is 0 Å². The number of likely N-dealkylation sites (tertiary alicyclic amines) is 1. The van der Waals surface area contributed by atoms with E-state index in [2.05, 4.69) is 5.32 Å². The molecule has 1 heterocycles. The van der Waals surface area contributed by atoms with E-state index >= 15 is 0 Å². The van der Waals surface area contributed by atoms with E-state index in [0.717, 1.165) is 0 Å². The lowest BCUT2D eigenvalue weighted by Gasteiger charge is -2.25. The van der Waals surface area contributed by atoms with Gasteiger partial charge in [0.2, 0.25) is 11.8 Å². The summed E-state index contributed by atoms with van der Waals surface area (Å²) in [5.41, 5.74) is 5.34. The van der Waals surface area contributed by atoms with E-state index in [-0.39, 0.29) is 36.7 Å². The molecule has 1 aromatic carbocycles. The molecule has 28 heavy (non-hydrogen) atoms. The van der Waals surface area contributed by atoms with Crippen molar-refractivity contribution >= 4 is 24.2 Å². The fourth-order valence-corrected chi connectivity index (χ4v) is 3.02. The molecule has 0 radical (unpaired) electrons. The first-order chi connectivity index (χ1) is 12.7. The number of benzene rings is 1. The predicted molar refractivity (Wildman–Crippen MR) is 97.8 cm³/mol. The molecular formula is C18H22ClF3N4O2. The third-order valence-electron chi connectivity index (χ3n) is 4.46. The van der Waals surface area contributed by atoms with Gasteiger partial charge in [-0.1, -0.05) is 0 Å². The van der Waals surface area contributed by atoms with Crippen molar-refractivity contribution in [2.45, 2.75) is 50.7 Å². The highest BCUT2D eigenvalue weighted by atomic mass is 35.5. The number of hydrogen-bond acceptors (Lipinski definition) is 4. The van der Waals surface area contributed by atoms with Crippen molar-refractivity contribution in [1.82, 2.24) is 10.2 Å². The predicted octanol–water partition coefficient (Wildman–Crippen LogP) is 1.80. The Labute approximate surface area is 167 Å². The van der Waals surface area contributed by atoms with Gasteiger partial charge in [-0.15, -0.1) is 12.4 Å². The van der Waals surface area contributed by atoms with Crippen LogP contribution in [0.2, 0.25) is 0 Å². The first-order valence-corrected chi connectivity index (χ1v) is 8.61. The second-order valence-electron chi connectivity index (χ2n) is 6.63. The number of hydrogen-bond donors (Lipinski definition) is 2. The molecule has 6 nitrogen and oxygen atoms in total. The van der Waals surface area contributed by atoms with Gasteiger partial charge in [0.25, 0.3) is 0 Å². The Balaban J connectivity index is 0.00000392. The lowest BCUT2D eigenvalue weighted by molar-refractivity contribution is -0.132. The Bertz CT molecular complexity index is 770. The van der Waals surface area contributed by atoms with Crippen LogP contribution in [0.4, 0.5) is 13.2 Å². The molecule has 1 fully saturated rings. The molecule has 0 spiro atoms. The fraction of sp³-hybridized carbons (Fsp3) is 0.500. The monoisotopic (exact) mass is 418 g/mol. The molecule has 2 rings (SSSR count). The van der Waals surface area contributed by atoms with Crippen LogP contribution in [0.25, 0.3) is 0 Å². The van der Waals surface area contributed by atoms with Crippen LogP contribution in [0, 0.1) is 28.8 Å². The zero-order valence-electron chi connectivity index (χ0n) is 15.3. The smallest absolute Gasteiger partial charge is 0.236 e. The van der Waals surface area contributed by atoms with Gasteiger partial charge < -0.3 is 16.0 Å². The summed E-state index contributed by atoms with van der Waals surface area (Å²) in [5, 5.41) is 11.6. The summed E-state index contributed by atoms with van der Waals surface area (Å²) >= 11 is 0. The normalized spacial score (nSPS) is 18.0. The van der Waals surface area contributed by atoms with Gasteiger partial charge in [0.05, 0.1) is 12.1 Å². The molecular weight excluding hydrogens is 397 g/mol. The average molecular weight is 419 g/mol. The van der Waals surface area contributed by atoms with Crippen molar-refractivity contribution in [2.75, 3.05) is 6.54 Å². The third kappa shape index (κ3) is 5.84. The van der Waals surface area contributed by atoms with E-state index in [9.17, 15) is 22.8 Å². The molecule has 10 heteroatoms. The summed E-state index contributed by atoms with van der Waals surface area (Å²) in [6, 6.07) is 0.885. The number of rotatable bonds is 6. The lowest BCUT2D eigenvalue weighted by atomic mass is 10.0. The third-order valence-corrected chi connectivity index (χ3v) is 4.46. The first kappa shape index (κ1) is 23.7. The number of amides is 2. The number of nitriles is 1. The van der Waals surface area contributed by atoms with E-state index in [1.165, 1.54) is 11.8 Å². The summed E-state index contributed by atoms with van der Waals surface area (Å²) < 4.78 is 40.5. The van der Waals surface area contributed by atoms with Crippen molar-refractivity contribution in [3.8, 4) is 6.07 Å². The molecule has 1 aliphatic heterocycles. The van der Waals surface area contributed by atoms with Gasteiger partial charge in [0.15, 0.2) is 11.6 Å². The first-order valence-electron chi connectivity index (χ1n) is 8.61. The lowest BCUT2D eigenvalue weighted by Crippen LogP contribution is -2.47. The fourth-order valence-electron chi connectivity index (χ4n) is 3.02. The summed E-state index contributed by atoms with van der Waals surface area (Å²) in [6.07, 6.45) is 0.822. The Hall–Kier alpha value is -2.31. The van der Waals surface area contributed by atoms with Gasteiger partial charge >= 0.3 is 0 Å². The number of nitrogens with two attached hydrogens (primary N) is 1. The van der Waals surface area contributed by atoms with Crippen molar-refractivity contribution < 1.29 is 22.8 Å². The Morgan fingerprint density at radius 1 is 1.32 bits per heavy atom. The number of carbonyl (C=O) groups is 2. The molecule has 0 saturated carbocycles. The van der Waals surface area contributed by atoms with E-state index in [4.69, 9.17) is 11.0 Å². The Kier molecular flexibility index (Phi) is 8.72. The molecule has 3 N–H and O–H groups in total. The molecule has 2 amide bonds. The van der Waals surface area contributed by atoms with Gasteiger partial charge in [-0.2, -0.15) is 5.26 Å². The highest BCUT2D eigenvalue weighted by Gasteiger charge is 2.31. The van der Waals surface area contributed by atoms with E-state index in [1.54, 1.807) is 0 Å². The average Bonchev–Trinajstić information content (AvgIpc) is 3.08. The van der Waals surface area contributed by atoms with E-state index in [1.807, 2.05) is 6.07 Å². The van der Waals surface area contributed by atoms with Crippen LogP contribution in [0.1, 0.15) is 31.7 Å². The largest absolute Gasteiger partial charge is 0.351 e. The molecule has 0 aliphatic carbocycles. The van der Waals surface area contributed by atoms with Crippen LogP contribution in [-0.2, 0) is 16.0 Å². The van der Waals surface area contributed by atoms with Gasteiger partial charge in [-0.3, -0.25) is 9.59 Å². The van der Waals surface area contributed by atoms with Crippen LogP contribution < -0.4 is 11.1 Å². The van der Waals surface area contributed by atoms with Gasteiger partial charge in [-0.05, 0) is 37.8 Å². The number of nitrogens with zero attached hydrogens (tertiary/aromatic N) is 2. The molecule has 154 valence electrons. The quantitative estimate of drug-likeness (QED) is 0.688. The van der Waals surface area contributed by atoms with E-state index < -0.39 is 41.5 Å². The SMILES string of the molecule is CC(N)C(=O)NC(CC(=O)N1CCCC1C#N)Cc1cc(F)c(F)cc1F.Cl. The summed E-state index contributed by atoms with van der Waals surface area (Å²) in [4.78, 5) is 25.9. The summed E-state index contributed by atoms with van der Waals surface area (Å²) in [6.45, 7) is 1.86. The molecule has 1 saturated heterocycles. The topological polar surface area (TPSA) is 99.2 Å². The molecule has 0 bridgehead atoms. The van der Waals surface area contributed by atoms with Crippen LogP contribution >= 0.6 is 12.4 Å². The van der Waals surface area contributed by atoms with Crippen LogP contribution in [0.5, 0.6) is 0 Å². The van der Waals surface area contributed by atoms with Crippen molar-refractivity contribution in [1.29, 1.82) is 5.26 Å². The second-order valence-corrected chi connectivity index (χ2v) is 6.63. The highest BCUT2D eigenvalue weighted by Crippen LogP contribution is 2.20. The number of nitrogens with one attached hydrogen (secondary N) is 1. The number of carbonyl (C=O) groups excluding carboxylic acids is 2. The molecule has 0 aromatic heterocycles. The van der Waals surface area contributed by atoms with E-state index in [0.29, 0.717) is 31.5 Å². The minimum Gasteiger partial charge on any atom is -0.351 e. The van der Waals surface area contributed by atoms with Gasteiger partial charge in [0, 0.05) is 25.1 Å². The van der Waals surface area contributed by atoms with Gasteiger partial charge in [0.1, 0.15) is 11.9 Å². The Morgan fingerprint density at radius 3 is 2.57 bits per heavy atom. The van der Waals surface area contributed by atoms with Crippen LogP contribution in [0.3, 0.4) is 0 Å². The van der Waals surface area contributed by atoms with Gasteiger partial charge in [-0.25, -0.2) is 13.2 Å². The number of halogens is 4. The zero-order valence-corrected chi connectivity index (χ0v) is 16.1. The summed E-state index contributed by atoms with van der Waals surface area (Å²) in [7, 11) is 0. The molecule has 3 unspecified atom stereocenters. The second kappa shape index (κ2) is 10.3. The van der Waals surface area contributed by atoms with Crippen LogP contribution in [0.15, 0.2) is 12.1 Å². The minimum atomic E-state index is -1.32. The minimum absolute atomic E-state index is 0. The highest BCUT2D eigenvalue weighted by molar-refractivity contribution is 5.85. The molecule has 1 aromatic rings. The van der Waals surface area contributed by atoms with Crippen LogP contribution in [-0.4, -0.2) is 41.4 Å². The Morgan fingerprint density at radius 2 is 1.96 bits per heavy atom.